The monoisotopic (exact) mass is 499 g/mol. The second-order valence-electron chi connectivity index (χ2n) is 10.4. The van der Waals surface area contributed by atoms with E-state index in [1.165, 1.54) is 7.11 Å². The molecule has 0 saturated heterocycles. The van der Waals surface area contributed by atoms with E-state index in [0.29, 0.717) is 23.2 Å². The van der Waals surface area contributed by atoms with Crippen LogP contribution in [0.15, 0.2) is 60.7 Å². The van der Waals surface area contributed by atoms with Crippen molar-refractivity contribution < 1.29 is 19.1 Å². The predicted molar refractivity (Wildman–Crippen MR) is 146 cm³/mol. The lowest BCUT2D eigenvalue weighted by Crippen LogP contribution is -2.55. The molecule has 0 fully saturated rings. The van der Waals surface area contributed by atoms with Crippen molar-refractivity contribution in [2.45, 2.75) is 89.8 Å². The summed E-state index contributed by atoms with van der Waals surface area (Å²) in [6, 6.07) is 19.7. The fourth-order valence-corrected chi connectivity index (χ4v) is 11.1. The van der Waals surface area contributed by atoms with Crippen LogP contribution in [-0.2, 0) is 20.5 Å². The number of rotatable bonds is 13. The Hall–Kier alpha value is -1.99. The van der Waals surface area contributed by atoms with Gasteiger partial charge in [0.15, 0.2) is 14.4 Å². The number of carbonyl (C=O) groups excluding carboxylic acids is 1. The number of carbonyl (C=O) groups is 1. The average Bonchev–Trinajstić information content (AvgIpc) is 2.84. The van der Waals surface area contributed by atoms with E-state index in [4.69, 9.17) is 9.16 Å². The van der Waals surface area contributed by atoms with Crippen LogP contribution in [0.5, 0.6) is 0 Å². The lowest BCUT2D eigenvalue weighted by Gasteiger charge is -2.45. The van der Waals surface area contributed by atoms with Crippen molar-refractivity contribution >= 4 is 14.3 Å². The molecule has 194 valence electrons. The number of aliphatic hydroxyl groups is 1. The molecule has 0 aliphatic heterocycles. The molecule has 6 heteroatoms. The molecule has 35 heavy (non-hydrogen) atoms. The maximum atomic E-state index is 12.7. The van der Waals surface area contributed by atoms with Gasteiger partial charge < -0.3 is 14.3 Å². The van der Waals surface area contributed by atoms with Crippen LogP contribution in [0.3, 0.4) is 0 Å². The van der Waals surface area contributed by atoms with Crippen LogP contribution in [-0.4, -0.2) is 50.2 Å². The second kappa shape index (κ2) is 13.4. The van der Waals surface area contributed by atoms with Crippen molar-refractivity contribution in [2.24, 2.45) is 0 Å². The standard InChI is InChI=1S/C29H45NO4Si/c1-21(2)35(22(3)4,23(5)6)34-20-27(28(31)29(32)33-8)30(19-25-15-11-9-12-16-25)24(7)26-17-13-10-14-18-26/h9-18,21-24,27-28,31H,19-20H2,1-8H3/t24-,27-,28-/m0/s1. The third-order valence-corrected chi connectivity index (χ3v) is 13.5. The number of hydrogen-bond donors (Lipinski definition) is 1. The summed E-state index contributed by atoms with van der Waals surface area (Å²) in [6.07, 6.45) is -1.33. The van der Waals surface area contributed by atoms with E-state index in [2.05, 4.69) is 77.6 Å². The highest BCUT2D eigenvalue weighted by atomic mass is 28.4. The molecular weight excluding hydrogens is 454 g/mol. The van der Waals surface area contributed by atoms with Gasteiger partial charge in [0.05, 0.1) is 19.8 Å². The van der Waals surface area contributed by atoms with Crippen LogP contribution in [0, 0.1) is 0 Å². The van der Waals surface area contributed by atoms with Crippen LogP contribution in [0.4, 0.5) is 0 Å². The number of ether oxygens (including phenoxy) is 1. The zero-order valence-electron chi connectivity index (χ0n) is 22.8. The zero-order chi connectivity index (χ0) is 26.2. The first-order valence-corrected chi connectivity index (χ1v) is 14.9. The topological polar surface area (TPSA) is 59.0 Å². The Morgan fingerprint density at radius 3 is 1.80 bits per heavy atom. The molecule has 0 saturated carbocycles. The van der Waals surface area contributed by atoms with Crippen LogP contribution in [0.2, 0.25) is 16.6 Å². The predicted octanol–water partition coefficient (Wildman–Crippen LogP) is 6.34. The molecule has 0 amide bonds. The molecule has 0 aliphatic rings. The normalized spacial score (nSPS) is 15.0. The minimum absolute atomic E-state index is 0.0578. The first kappa shape index (κ1) is 29.2. The van der Waals surface area contributed by atoms with Crippen LogP contribution in [0.1, 0.15) is 65.6 Å². The quantitative estimate of drug-likeness (QED) is 0.257. The van der Waals surface area contributed by atoms with Crippen molar-refractivity contribution in [1.82, 2.24) is 4.90 Å². The molecule has 0 aliphatic carbocycles. The number of hydrogen-bond acceptors (Lipinski definition) is 5. The maximum Gasteiger partial charge on any atom is 0.336 e. The largest absolute Gasteiger partial charge is 0.467 e. The fraction of sp³-hybridized carbons (Fsp3) is 0.552. The third-order valence-electron chi connectivity index (χ3n) is 7.43. The molecule has 0 spiro atoms. The summed E-state index contributed by atoms with van der Waals surface area (Å²) in [5, 5.41) is 11.3. The lowest BCUT2D eigenvalue weighted by molar-refractivity contribution is -0.156. The van der Waals surface area contributed by atoms with Gasteiger partial charge >= 0.3 is 5.97 Å². The molecule has 0 unspecified atom stereocenters. The molecular formula is C29H45NO4Si. The van der Waals surface area contributed by atoms with Gasteiger partial charge in [0.1, 0.15) is 0 Å². The lowest BCUT2D eigenvalue weighted by atomic mass is 10.0. The zero-order valence-corrected chi connectivity index (χ0v) is 23.8. The van der Waals surface area contributed by atoms with Gasteiger partial charge in [0.25, 0.3) is 0 Å². The number of methoxy groups -OCH3 is 1. The smallest absolute Gasteiger partial charge is 0.336 e. The Balaban J connectivity index is 2.53. The Kier molecular flexibility index (Phi) is 11.2. The Morgan fingerprint density at radius 2 is 1.34 bits per heavy atom. The molecule has 1 N–H and O–H groups in total. The van der Waals surface area contributed by atoms with Gasteiger partial charge in [0, 0.05) is 12.6 Å². The number of esters is 1. The molecule has 0 radical (unpaired) electrons. The van der Waals surface area contributed by atoms with E-state index in [1.54, 1.807) is 0 Å². The summed E-state index contributed by atoms with van der Waals surface area (Å²) in [7, 11) is -0.903. The minimum Gasteiger partial charge on any atom is -0.467 e. The molecule has 2 aromatic carbocycles. The van der Waals surface area contributed by atoms with E-state index in [9.17, 15) is 9.90 Å². The summed E-state index contributed by atoms with van der Waals surface area (Å²) < 4.78 is 11.9. The summed E-state index contributed by atoms with van der Waals surface area (Å²) in [4.78, 5) is 14.8. The van der Waals surface area contributed by atoms with Crippen molar-refractivity contribution in [3.8, 4) is 0 Å². The fourth-order valence-electron chi connectivity index (χ4n) is 5.63. The molecule has 0 heterocycles. The van der Waals surface area contributed by atoms with E-state index < -0.39 is 26.4 Å². The minimum atomic E-state index is -2.22. The number of benzene rings is 2. The summed E-state index contributed by atoms with van der Waals surface area (Å²) in [5.74, 6) is -0.636. The highest BCUT2D eigenvalue weighted by Gasteiger charge is 2.47. The maximum absolute atomic E-state index is 12.7. The van der Waals surface area contributed by atoms with Gasteiger partial charge in [-0.2, -0.15) is 0 Å². The first-order valence-electron chi connectivity index (χ1n) is 12.8. The average molecular weight is 500 g/mol. The van der Waals surface area contributed by atoms with Crippen molar-refractivity contribution in [3.05, 3.63) is 71.8 Å². The number of nitrogens with zero attached hydrogens (tertiary/aromatic N) is 1. The van der Waals surface area contributed by atoms with E-state index in [0.717, 1.165) is 11.1 Å². The van der Waals surface area contributed by atoms with Crippen LogP contribution in [0.25, 0.3) is 0 Å². The van der Waals surface area contributed by atoms with Crippen molar-refractivity contribution in [1.29, 1.82) is 0 Å². The molecule has 0 aromatic heterocycles. The van der Waals surface area contributed by atoms with E-state index >= 15 is 0 Å². The first-order chi connectivity index (χ1) is 16.6. The van der Waals surface area contributed by atoms with Crippen molar-refractivity contribution in [2.75, 3.05) is 13.7 Å². The van der Waals surface area contributed by atoms with Gasteiger partial charge in [-0.1, -0.05) is 102 Å². The van der Waals surface area contributed by atoms with E-state index in [1.807, 2.05) is 36.4 Å². The van der Waals surface area contributed by atoms with Gasteiger partial charge in [-0.15, -0.1) is 0 Å². The third kappa shape index (κ3) is 7.03. The summed E-state index contributed by atoms with van der Waals surface area (Å²) in [5.41, 5.74) is 3.41. The van der Waals surface area contributed by atoms with Gasteiger partial charge in [-0.3, -0.25) is 4.90 Å². The highest BCUT2D eigenvalue weighted by molar-refractivity contribution is 6.77. The number of aliphatic hydroxyl groups excluding tert-OH is 1. The van der Waals surface area contributed by atoms with Crippen molar-refractivity contribution in [3.63, 3.8) is 0 Å². The van der Waals surface area contributed by atoms with Gasteiger partial charge in [0.2, 0.25) is 0 Å². The Labute approximate surface area is 213 Å². The summed E-state index contributed by atoms with van der Waals surface area (Å²) >= 11 is 0. The van der Waals surface area contributed by atoms with Crippen LogP contribution >= 0.6 is 0 Å². The Bertz CT molecular complexity index is 866. The molecule has 2 rings (SSSR count). The molecule has 3 atom stereocenters. The van der Waals surface area contributed by atoms with E-state index in [-0.39, 0.29) is 12.6 Å². The molecule has 0 bridgehead atoms. The second-order valence-corrected chi connectivity index (χ2v) is 15.9. The Morgan fingerprint density at radius 1 is 0.857 bits per heavy atom. The van der Waals surface area contributed by atoms with Crippen LogP contribution < -0.4 is 0 Å². The SMILES string of the molecule is COC(=O)[C@@H](O)[C@H](CO[Si](C(C)C)(C(C)C)C(C)C)N(Cc1ccccc1)[C@@H](C)c1ccccc1. The van der Waals surface area contributed by atoms with Gasteiger partial charge in [-0.05, 0) is 34.7 Å². The molecule has 2 aromatic rings. The highest BCUT2D eigenvalue weighted by Crippen LogP contribution is 2.42. The molecule has 5 nitrogen and oxygen atoms in total. The summed E-state index contributed by atoms with van der Waals surface area (Å²) in [6.45, 7) is 16.4. The van der Waals surface area contributed by atoms with Gasteiger partial charge in [-0.25, -0.2) is 4.79 Å².